The molecule has 1 heterocycles. The van der Waals surface area contributed by atoms with Crippen molar-refractivity contribution in [1.82, 2.24) is 10.4 Å². The maximum absolute atomic E-state index is 12.0. The minimum Gasteiger partial charge on any atom is -0.444 e. The molecule has 0 unspecified atom stereocenters. The molecule has 1 saturated carbocycles. The predicted octanol–water partition coefficient (Wildman–Crippen LogP) is 3.10. The zero-order valence-corrected chi connectivity index (χ0v) is 13.7. The minimum absolute atomic E-state index is 0.184. The molecule has 1 aliphatic heterocycles. The molecule has 1 saturated heterocycles. The fraction of sp³-hybridized carbons (Fsp3) is 0.938. The van der Waals surface area contributed by atoms with Gasteiger partial charge >= 0.3 is 6.09 Å². The van der Waals surface area contributed by atoms with Gasteiger partial charge in [-0.15, -0.1) is 0 Å². The fourth-order valence-electron chi connectivity index (χ4n) is 2.94. The van der Waals surface area contributed by atoms with E-state index in [0.29, 0.717) is 12.0 Å². The van der Waals surface area contributed by atoms with E-state index in [9.17, 15) is 4.79 Å². The topological polar surface area (TPSA) is 50.8 Å². The van der Waals surface area contributed by atoms with Crippen LogP contribution in [0.2, 0.25) is 0 Å². The van der Waals surface area contributed by atoms with Gasteiger partial charge in [0.2, 0.25) is 0 Å². The average Bonchev–Trinajstić information content (AvgIpc) is 2.91. The Bertz CT molecular complexity index is 327. The van der Waals surface area contributed by atoms with Crippen molar-refractivity contribution in [3.05, 3.63) is 0 Å². The van der Waals surface area contributed by atoms with Crippen molar-refractivity contribution in [2.75, 3.05) is 19.6 Å². The van der Waals surface area contributed by atoms with Crippen LogP contribution in [-0.2, 0) is 9.57 Å². The molecule has 2 aliphatic rings. The third-order valence-corrected chi connectivity index (χ3v) is 4.19. The Labute approximate surface area is 128 Å². The number of hydrogen-bond donors (Lipinski definition) is 1. The first-order valence-electron chi connectivity index (χ1n) is 8.30. The highest BCUT2D eigenvalue weighted by molar-refractivity contribution is 5.68. The SMILES string of the molecule is CC(C)(C)OC(=O)N1CCC(CNOC2CCCC2)CC1. The van der Waals surface area contributed by atoms with Crippen molar-refractivity contribution in [1.29, 1.82) is 0 Å². The smallest absolute Gasteiger partial charge is 0.410 e. The summed E-state index contributed by atoms with van der Waals surface area (Å²) in [6.07, 6.45) is 7.21. The Kier molecular flexibility index (Phi) is 5.88. The second-order valence-electron chi connectivity index (χ2n) is 7.28. The molecule has 122 valence electrons. The zero-order valence-electron chi connectivity index (χ0n) is 13.7. The number of piperidine rings is 1. The fourth-order valence-corrected chi connectivity index (χ4v) is 2.94. The van der Waals surface area contributed by atoms with Crippen LogP contribution in [0.25, 0.3) is 0 Å². The van der Waals surface area contributed by atoms with Crippen LogP contribution in [-0.4, -0.2) is 42.3 Å². The third-order valence-electron chi connectivity index (χ3n) is 4.19. The van der Waals surface area contributed by atoms with Gasteiger partial charge in [0.15, 0.2) is 0 Å². The number of carbonyl (C=O) groups is 1. The second-order valence-corrected chi connectivity index (χ2v) is 7.28. The van der Waals surface area contributed by atoms with Gasteiger partial charge in [0, 0.05) is 19.6 Å². The molecule has 1 amide bonds. The van der Waals surface area contributed by atoms with E-state index in [1.54, 1.807) is 0 Å². The maximum atomic E-state index is 12.0. The maximum Gasteiger partial charge on any atom is 0.410 e. The van der Waals surface area contributed by atoms with Gasteiger partial charge in [-0.05, 0) is 52.4 Å². The van der Waals surface area contributed by atoms with E-state index in [1.165, 1.54) is 25.7 Å². The monoisotopic (exact) mass is 298 g/mol. The summed E-state index contributed by atoms with van der Waals surface area (Å²) in [5, 5.41) is 0. The molecule has 0 aromatic carbocycles. The van der Waals surface area contributed by atoms with Crippen molar-refractivity contribution >= 4 is 6.09 Å². The average molecular weight is 298 g/mol. The molecule has 2 rings (SSSR count). The van der Waals surface area contributed by atoms with Gasteiger partial charge < -0.3 is 9.64 Å². The van der Waals surface area contributed by atoms with Crippen LogP contribution >= 0.6 is 0 Å². The Hall–Kier alpha value is -0.810. The lowest BCUT2D eigenvalue weighted by atomic mass is 9.97. The molecule has 5 nitrogen and oxygen atoms in total. The number of nitrogens with zero attached hydrogens (tertiary/aromatic N) is 1. The van der Waals surface area contributed by atoms with Crippen LogP contribution in [0.15, 0.2) is 0 Å². The van der Waals surface area contributed by atoms with Crippen LogP contribution in [0.3, 0.4) is 0 Å². The number of likely N-dealkylation sites (tertiary alicyclic amines) is 1. The highest BCUT2D eigenvalue weighted by Gasteiger charge is 2.27. The van der Waals surface area contributed by atoms with Crippen LogP contribution in [0, 0.1) is 5.92 Å². The highest BCUT2D eigenvalue weighted by atomic mass is 16.7. The third kappa shape index (κ3) is 5.83. The summed E-state index contributed by atoms with van der Waals surface area (Å²) < 4.78 is 5.41. The summed E-state index contributed by atoms with van der Waals surface area (Å²) in [5.41, 5.74) is 2.73. The molecule has 0 atom stereocenters. The first-order chi connectivity index (χ1) is 9.94. The minimum atomic E-state index is -0.412. The van der Waals surface area contributed by atoms with Crippen molar-refractivity contribution in [3.8, 4) is 0 Å². The molecule has 0 aromatic rings. The van der Waals surface area contributed by atoms with Gasteiger partial charge in [-0.2, -0.15) is 0 Å². The molecule has 21 heavy (non-hydrogen) atoms. The second kappa shape index (κ2) is 7.45. The molecule has 1 N–H and O–H groups in total. The number of amides is 1. The van der Waals surface area contributed by atoms with E-state index in [-0.39, 0.29) is 6.09 Å². The van der Waals surface area contributed by atoms with Gasteiger partial charge in [0.1, 0.15) is 5.60 Å². The number of rotatable bonds is 4. The number of nitrogens with one attached hydrogen (secondary N) is 1. The molecule has 5 heteroatoms. The summed E-state index contributed by atoms with van der Waals surface area (Å²) >= 11 is 0. The van der Waals surface area contributed by atoms with Crippen molar-refractivity contribution in [2.24, 2.45) is 5.92 Å². The number of hydroxylamine groups is 1. The van der Waals surface area contributed by atoms with Crippen molar-refractivity contribution in [2.45, 2.75) is 71.0 Å². The first-order valence-corrected chi connectivity index (χ1v) is 8.30. The van der Waals surface area contributed by atoms with E-state index in [2.05, 4.69) is 5.48 Å². The zero-order chi connectivity index (χ0) is 15.3. The summed E-state index contributed by atoms with van der Waals surface area (Å²) in [5.74, 6) is 0.588. The van der Waals surface area contributed by atoms with E-state index in [0.717, 1.165) is 32.5 Å². The summed E-state index contributed by atoms with van der Waals surface area (Å²) in [7, 11) is 0. The lowest BCUT2D eigenvalue weighted by molar-refractivity contribution is -0.0313. The van der Waals surface area contributed by atoms with E-state index < -0.39 is 5.60 Å². The van der Waals surface area contributed by atoms with Crippen LogP contribution in [0.4, 0.5) is 4.79 Å². The van der Waals surface area contributed by atoms with Crippen LogP contribution in [0.1, 0.15) is 59.3 Å². The summed E-state index contributed by atoms with van der Waals surface area (Å²) in [4.78, 5) is 19.5. The van der Waals surface area contributed by atoms with E-state index >= 15 is 0 Å². The number of ether oxygens (including phenoxy) is 1. The molecule has 0 bridgehead atoms. The van der Waals surface area contributed by atoms with Gasteiger partial charge in [-0.25, -0.2) is 10.3 Å². The molecule has 0 spiro atoms. The number of hydrogen-bond acceptors (Lipinski definition) is 4. The van der Waals surface area contributed by atoms with E-state index in [1.807, 2.05) is 25.7 Å². The molecule has 2 fully saturated rings. The van der Waals surface area contributed by atoms with Crippen LogP contribution < -0.4 is 5.48 Å². The molecule has 1 aliphatic carbocycles. The Morgan fingerprint density at radius 3 is 2.33 bits per heavy atom. The standard InChI is InChI=1S/C16H30N2O3/c1-16(2,3)20-15(19)18-10-8-13(9-11-18)12-17-21-14-6-4-5-7-14/h13-14,17H,4-12H2,1-3H3. The van der Waals surface area contributed by atoms with Gasteiger partial charge in [0.25, 0.3) is 0 Å². The Morgan fingerprint density at radius 1 is 1.14 bits per heavy atom. The summed E-state index contributed by atoms with van der Waals surface area (Å²) in [6, 6.07) is 0. The first kappa shape index (κ1) is 16.6. The van der Waals surface area contributed by atoms with E-state index in [4.69, 9.17) is 9.57 Å². The lowest BCUT2D eigenvalue weighted by Crippen LogP contribution is -2.43. The van der Waals surface area contributed by atoms with Gasteiger partial charge in [0.05, 0.1) is 6.10 Å². The Balaban J connectivity index is 1.60. The largest absolute Gasteiger partial charge is 0.444 e. The predicted molar refractivity (Wildman–Crippen MR) is 81.9 cm³/mol. The van der Waals surface area contributed by atoms with Gasteiger partial charge in [-0.3, -0.25) is 4.84 Å². The molecular weight excluding hydrogens is 268 g/mol. The summed E-state index contributed by atoms with van der Waals surface area (Å²) in [6.45, 7) is 8.17. The Morgan fingerprint density at radius 2 is 1.76 bits per heavy atom. The van der Waals surface area contributed by atoms with Crippen LogP contribution in [0.5, 0.6) is 0 Å². The molecular formula is C16H30N2O3. The number of carbonyl (C=O) groups excluding carboxylic acids is 1. The normalized spacial score (nSPS) is 21.8. The molecule has 0 radical (unpaired) electrons. The van der Waals surface area contributed by atoms with Crippen molar-refractivity contribution in [3.63, 3.8) is 0 Å². The lowest BCUT2D eigenvalue weighted by Gasteiger charge is -2.33. The van der Waals surface area contributed by atoms with Crippen molar-refractivity contribution < 1.29 is 14.4 Å². The quantitative estimate of drug-likeness (QED) is 0.810. The molecule has 0 aromatic heterocycles. The van der Waals surface area contributed by atoms with Gasteiger partial charge in [-0.1, -0.05) is 12.8 Å². The highest BCUT2D eigenvalue weighted by Crippen LogP contribution is 2.21.